The van der Waals surface area contributed by atoms with Crippen LogP contribution in [0.25, 0.3) is 0 Å². The van der Waals surface area contributed by atoms with Crippen LogP contribution in [0.4, 0.5) is 0 Å². The van der Waals surface area contributed by atoms with E-state index in [9.17, 15) is 0 Å². The molecule has 21 heavy (non-hydrogen) atoms. The van der Waals surface area contributed by atoms with Gasteiger partial charge in [-0.05, 0) is 33.6 Å². The molecule has 2 nitrogen and oxygen atoms in total. The molecule has 1 unspecified atom stereocenters. The fourth-order valence-corrected chi connectivity index (χ4v) is 3.82. The maximum atomic E-state index is 6.36. The summed E-state index contributed by atoms with van der Waals surface area (Å²) in [6, 6.07) is 9.48. The molecular formula is C15H12Br2Cl2O2. The lowest BCUT2D eigenvalue weighted by molar-refractivity contribution is 0.392. The molecule has 0 amide bonds. The van der Waals surface area contributed by atoms with E-state index in [1.807, 2.05) is 24.3 Å². The highest BCUT2D eigenvalue weighted by molar-refractivity contribution is 9.10. The number of ether oxygens (including phenoxy) is 2. The minimum atomic E-state index is -0.152. The highest BCUT2D eigenvalue weighted by Gasteiger charge is 2.22. The number of hydrogen-bond donors (Lipinski definition) is 0. The van der Waals surface area contributed by atoms with E-state index in [0.29, 0.717) is 21.5 Å². The number of alkyl halides is 1. The second-order valence-electron chi connectivity index (χ2n) is 4.21. The maximum Gasteiger partial charge on any atom is 0.145 e. The van der Waals surface area contributed by atoms with Gasteiger partial charge in [-0.3, -0.25) is 0 Å². The van der Waals surface area contributed by atoms with E-state index < -0.39 is 0 Å². The Morgan fingerprint density at radius 1 is 0.952 bits per heavy atom. The van der Waals surface area contributed by atoms with Crippen LogP contribution in [0.3, 0.4) is 0 Å². The van der Waals surface area contributed by atoms with Crippen molar-refractivity contribution >= 4 is 55.1 Å². The number of halogens is 4. The Hall–Kier alpha value is -0.420. The van der Waals surface area contributed by atoms with Crippen LogP contribution in [0.5, 0.6) is 11.5 Å². The zero-order valence-electron chi connectivity index (χ0n) is 11.3. The molecule has 6 heteroatoms. The monoisotopic (exact) mass is 452 g/mol. The third-order valence-electron chi connectivity index (χ3n) is 3.04. The molecule has 0 aliphatic carbocycles. The van der Waals surface area contributed by atoms with Gasteiger partial charge in [0.15, 0.2) is 0 Å². The van der Waals surface area contributed by atoms with Gasteiger partial charge >= 0.3 is 0 Å². The zero-order chi connectivity index (χ0) is 15.6. The molecule has 0 saturated heterocycles. The van der Waals surface area contributed by atoms with E-state index in [0.717, 1.165) is 15.6 Å². The van der Waals surface area contributed by atoms with Gasteiger partial charge in [-0.1, -0.05) is 57.3 Å². The van der Waals surface area contributed by atoms with E-state index in [2.05, 4.69) is 31.9 Å². The summed E-state index contributed by atoms with van der Waals surface area (Å²) in [5, 5.41) is 1.08. The fraction of sp³-hybridized carbons (Fsp3) is 0.200. The first-order valence-electron chi connectivity index (χ1n) is 5.99. The average molecular weight is 455 g/mol. The van der Waals surface area contributed by atoms with E-state index >= 15 is 0 Å². The number of methoxy groups -OCH3 is 2. The molecule has 2 rings (SSSR count). The van der Waals surface area contributed by atoms with Gasteiger partial charge < -0.3 is 9.47 Å². The van der Waals surface area contributed by atoms with Crippen molar-refractivity contribution in [3.63, 3.8) is 0 Å². The molecule has 0 bridgehead atoms. The van der Waals surface area contributed by atoms with Crippen LogP contribution in [-0.4, -0.2) is 14.2 Å². The highest BCUT2D eigenvalue weighted by atomic mass is 79.9. The van der Waals surface area contributed by atoms with Gasteiger partial charge in [-0.2, -0.15) is 0 Å². The summed E-state index contributed by atoms with van der Waals surface area (Å²) in [6.45, 7) is 0. The largest absolute Gasteiger partial charge is 0.495 e. The Morgan fingerprint density at radius 3 is 2.29 bits per heavy atom. The van der Waals surface area contributed by atoms with Gasteiger partial charge in [-0.15, -0.1) is 0 Å². The van der Waals surface area contributed by atoms with Gasteiger partial charge in [0.2, 0.25) is 0 Å². The molecule has 0 aliphatic heterocycles. The van der Waals surface area contributed by atoms with Gasteiger partial charge in [-0.25, -0.2) is 0 Å². The molecule has 2 aromatic rings. The van der Waals surface area contributed by atoms with Crippen molar-refractivity contribution in [3.05, 3.63) is 56.0 Å². The topological polar surface area (TPSA) is 18.5 Å². The van der Waals surface area contributed by atoms with E-state index in [-0.39, 0.29) is 4.83 Å². The third-order valence-corrected chi connectivity index (χ3v) is 5.70. The lowest BCUT2D eigenvalue weighted by Crippen LogP contribution is -2.00. The number of rotatable bonds is 4. The smallest absolute Gasteiger partial charge is 0.145 e. The van der Waals surface area contributed by atoms with Crippen LogP contribution in [0.1, 0.15) is 16.0 Å². The summed E-state index contributed by atoms with van der Waals surface area (Å²) < 4.78 is 11.5. The normalized spacial score (nSPS) is 12.1. The molecule has 0 aliphatic rings. The molecule has 0 fully saturated rings. The lowest BCUT2D eigenvalue weighted by Gasteiger charge is -2.18. The Labute approximate surface area is 150 Å². The van der Waals surface area contributed by atoms with Crippen LogP contribution in [0, 0.1) is 0 Å². The third kappa shape index (κ3) is 3.34. The summed E-state index contributed by atoms with van der Waals surface area (Å²) in [6.07, 6.45) is 0. The molecule has 0 saturated carbocycles. The molecule has 112 valence electrons. The first-order valence-corrected chi connectivity index (χ1v) is 8.46. The zero-order valence-corrected chi connectivity index (χ0v) is 16.0. The Bertz CT molecular complexity index is 662. The van der Waals surface area contributed by atoms with Crippen molar-refractivity contribution in [1.29, 1.82) is 0 Å². The predicted molar refractivity (Wildman–Crippen MR) is 94.5 cm³/mol. The molecule has 1 atom stereocenters. The van der Waals surface area contributed by atoms with E-state index in [4.69, 9.17) is 32.7 Å². The summed E-state index contributed by atoms with van der Waals surface area (Å²) in [4.78, 5) is -0.152. The highest BCUT2D eigenvalue weighted by Crippen LogP contribution is 2.46. The number of hydrogen-bond acceptors (Lipinski definition) is 2. The summed E-state index contributed by atoms with van der Waals surface area (Å²) in [7, 11) is 3.14. The molecule has 0 spiro atoms. The van der Waals surface area contributed by atoms with Crippen molar-refractivity contribution in [1.82, 2.24) is 0 Å². The van der Waals surface area contributed by atoms with Crippen LogP contribution in [0.2, 0.25) is 10.0 Å². The second kappa shape index (κ2) is 7.23. The van der Waals surface area contributed by atoms with E-state index in [1.165, 1.54) is 0 Å². The van der Waals surface area contributed by atoms with Crippen LogP contribution >= 0.6 is 55.1 Å². The van der Waals surface area contributed by atoms with Crippen molar-refractivity contribution in [2.24, 2.45) is 0 Å². The van der Waals surface area contributed by atoms with E-state index in [1.54, 1.807) is 20.3 Å². The molecule has 0 heterocycles. The lowest BCUT2D eigenvalue weighted by atomic mass is 10.0. The minimum absolute atomic E-state index is 0.152. The summed E-state index contributed by atoms with van der Waals surface area (Å²) >= 11 is 19.8. The van der Waals surface area contributed by atoms with Crippen molar-refractivity contribution < 1.29 is 9.47 Å². The first kappa shape index (κ1) is 16.9. The Balaban J connectivity index is 2.56. The van der Waals surface area contributed by atoms with Crippen LogP contribution in [-0.2, 0) is 0 Å². The van der Waals surface area contributed by atoms with Gasteiger partial charge in [0.05, 0.1) is 24.1 Å². The Kier molecular flexibility index (Phi) is 5.83. The first-order chi connectivity index (χ1) is 10.0. The Morgan fingerprint density at radius 2 is 1.67 bits per heavy atom. The van der Waals surface area contributed by atoms with Crippen LogP contribution in [0.15, 0.2) is 34.8 Å². The van der Waals surface area contributed by atoms with Gasteiger partial charge in [0, 0.05) is 10.0 Å². The summed E-state index contributed by atoms with van der Waals surface area (Å²) in [5.74, 6) is 1.13. The maximum absolute atomic E-state index is 6.36. The van der Waals surface area contributed by atoms with Crippen molar-refractivity contribution in [3.8, 4) is 11.5 Å². The predicted octanol–water partition coefficient (Wildman–Crippen LogP) is 6.26. The summed E-state index contributed by atoms with van der Waals surface area (Å²) in [5.41, 5.74) is 1.80. The minimum Gasteiger partial charge on any atom is -0.495 e. The second-order valence-corrected chi connectivity index (χ2v) is 6.74. The van der Waals surface area contributed by atoms with Crippen molar-refractivity contribution in [2.45, 2.75) is 4.83 Å². The molecule has 0 aromatic heterocycles. The molecular weight excluding hydrogens is 443 g/mol. The fourth-order valence-electron chi connectivity index (χ4n) is 2.00. The SMILES string of the molecule is COc1ccc(C(Br)c2cccc(Br)c2Cl)c(OC)c1Cl. The quantitative estimate of drug-likeness (QED) is 0.508. The molecule has 0 radical (unpaired) electrons. The number of benzene rings is 2. The van der Waals surface area contributed by atoms with Gasteiger partial charge in [0.25, 0.3) is 0 Å². The average Bonchev–Trinajstić information content (AvgIpc) is 2.49. The molecule has 0 N–H and O–H groups in total. The van der Waals surface area contributed by atoms with Crippen LogP contribution < -0.4 is 9.47 Å². The molecule has 2 aromatic carbocycles. The van der Waals surface area contributed by atoms with Gasteiger partial charge in [0.1, 0.15) is 16.5 Å². The van der Waals surface area contributed by atoms with Crippen molar-refractivity contribution in [2.75, 3.05) is 14.2 Å². The standard InChI is InChI=1S/C15H12Br2Cl2O2/c1-20-11-7-6-9(15(21-2)14(11)19)12(17)8-4-3-5-10(16)13(8)18/h3-7,12H,1-2H3.